The minimum absolute atomic E-state index is 0.0208. The molecule has 0 aliphatic carbocycles. The van der Waals surface area contributed by atoms with Crippen molar-refractivity contribution in [3.8, 4) is 5.75 Å². The van der Waals surface area contributed by atoms with Gasteiger partial charge in [0.05, 0.1) is 5.69 Å². The number of fused-ring (bicyclic) bond motifs is 1. The molecule has 0 bridgehead atoms. The molecule has 2 heterocycles. The van der Waals surface area contributed by atoms with Gasteiger partial charge in [-0.3, -0.25) is 14.5 Å². The molecule has 0 aromatic heterocycles. The van der Waals surface area contributed by atoms with Crippen molar-refractivity contribution in [2.75, 3.05) is 51.5 Å². The highest BCUT2D eigenvalue weighted by Crippen LogP contribution is 2.34. The molecule has 0 spiro atoms. The number of nitrogens with zero attached hydrogens (tertiary/aromatic N) is 3. The number of likely N-dealkylation sites (tertiary alicyclic amines) is 1. The first kappa shape index (κ1) is 18.5. The van der Waals surface area contributed by atoms with Crippen molar-refractivity contribution in [1.29, 1.82) is 0 Å². The van der Waals surface area contributed by atoms with Crippen LogP contribution in [0.5, 0.6) is 5.75 Å². The quantitative estimate of drug-likeness (QED) is 0.731. The summed E-state index contributed by atoms with van der Waals surface area (Å²) in [5.41, 5.74) is 0.651. The molecule has 25 heavy (non-hydrogen) atoms. The molecule has 2 atom stereocenters. The van der Waals surface area contributed by atoms with Gasteiger partial charge in [-0.05, 0) is 38.6 Å². The molecule has 0 unspecified atom stereocenters. The molecule has 1 saturated heterocycles. The van der Waals surface area contributed by atoms with Crippen LogP contribution in [0.25, 0.3) is 0 Å². The van der Waals surface area contributed by atoms with Gasteiger partial charge in [0, 0.05) is 28.9 Å². The molecule has 2 amide bonds. The van der Waals surface area contributed by atoms with E-state index >= 15 is 0 Å². The van der Waals surface area contributed by atoms with Gasteiger partial charge in [-0.2, -0.15) is 11.8 Å². The topological polar surface area (TPSA) is 53.1 Å². The van der Waals surface area contributed by atoms with E-state index in [2.05, 4.69) is 27.1 Å². The van der Waals surface area contributed by atoms with Crippen LogP contribution in [0.1, 0.15) is 0 Å². The summed E-state index contributed by atoms with van der Waals surface area (Å²) in [5, 5.41) is 0.391. The third-order valence-corrected chi connectivity index (χ3v) is 6.28. The second-order valence-corrected chi connectivity index (χ2v) is 8.48. The zero-order valence-electron chi connectivity index (χ0n) is 14.6. The molecular weight excluding hydrogens is 406 g/mol. The second kappa shape index (κ2) is 7.55. The number of ether oxygens (including phenoxy) is 1. The highest BCUT2D eigenvalue weighted by Gasteiger charge is 2.37. The normalized spacial score (nSPS) is 23.0. The van der Waals surface area contributed by atoms with Crippen LogP contribution in [0.4, 0.5) is 5.69 Å². The van der Waals surface area contributed by atoms with E-state index in [4.69, 9.17) is 4.74 Å². The van der Waals surface area contributed by atoms with Gasteiger partial charge in [-0.25, -0.2) is 0 Å². The Morgan fingerprint density at radius 2 is 2.16 bits per heavy atom. The lowest BCUT2D eigenvalue weighted by atomic mass is 10.2. The van der Waals surface area contributed by atoms with Gasteiger partial charge in [0.15, 0.2) is 6.61 Å². The first-order valence-electron chi connectivity index (χ1n) is 8.10. The molecule has 1 aromatic carbocycles. The zero-order chi connectivity index (χ0) is 18.1. The van der Waals surface area contributed by atoms with Crippen molar-refractivity contribution in [2.24, 2.45) is 0 Å². The maximum Gasteiger partial charge on any atom is 0.265 e. The van der Waals surface area contributed by atoms with Crippen LogP contribution in [-0.2, 0) is 9.59 Å². The first-order chi connectivity index (χ1) is 11.9. The fraction of sp³-hybridized carbons (Fsp3) is 0.529. The van der Waals surface area contributed by atoms with Crippen LogP contribution in [-0.4, -0.2) is 79.5 Å². The number of anilines is 1. The van der Waals surface area contributed by atoms with Crippen molar-refractivity contribution in [3.63, 3.8) is 0 Å². The van der Waals surface area contributed by atoms with Crippen LogP contribution in [0.3, 0.4) is 0 Å². The van der Waals surface area contributed by atoms with Gasteiger partial charge in [0.2, 0.25) is 5.91 Å². The van der Waals surface area contributed by atoms with Crippen molar-refractivity contribution >= 4 is 45.2 Å². The van der Waals surface area contributed by atoms with E-state index in [0.29, 0.717) is 35.8 Å². The standard InChI is InChI=1S/C17H22BrN3O3S/c1-19(2)13-7-20(8-15(13)25-3)16(22)9-21-12-5-4-11(18)6-14(12)24-10-17(21)23/h4-6,13,15H,7-10H2,1-3H3/t13-,15-/m1/s1. The number of amides is 2. The molecule has 2 aliphatic rings. The number of hydrogen-bond acceptors (Lipinski definition) is 5. The largest absolute Gasteiger partial charge is 0.482 e. The van der Waals surface area contributed by atoms with Crippen molar-refractivity contribution in [3.05, 3.63) is 22.7 Å². The van der Waals surface area contributed by atoms with Crippen LogP contribution in [0.2, 0.25) is 0 Å². The highest BCUT2D eigenvalue weighted by atomic mass is 79.9. The molecule has 0 saturated carbocycles. The van der Waals surface area contributed by atoms with E-state index in [0.717, 1.165) is 4.47 Å². The fourth-order valence-electron chi connectivity index (χ4n) is 3.27. The van der Waals surface area contributed by atoms with Crippen molar-refractivity contribution in [1.82, 2.24) is 9.80 Å². The van der Waals surface area contributed by atoms with Crippen LogP contribution in [0, 0.1) is 0 Å². The minimum Gasteiger partial charge on any atom is -0.482 e. The lowest BCUT2D eigenvalue weighted by molar-refractivity contribution is -0.131. The van der Waals surface area contributed by atoms with Crippen molar-refractivity contribution in [2.45, 2.75) is 11.3 Å². The Morgan fingerprint density at radius 3 is 2.80 bits per heavy atom. The maximum absolute atomic E-state index is 12.8. The Morgan fingerprint density at radius 1 is 1.40 bits per heavy atom. The van der Waals surface area contributed by atoms with Crippen LogP contribution in [0.15, 0.2) is 22.7 Å². The monoisotopic (exact) mass is 427 g/mol. The highest BCUT2D eigenvalue weighted by molar-refractivity contribution is 9.10. The molecular formula is C17H22BrN3O3S. The van der Waals surface area contributed by atoms with E-state index in [1.807, 2.05) is 31.1 Å². The summed E-state index contributed by atoms with van der Waals surface area (Å²) in [5.74, 6) is 0.414. The summed E-state index contributed by atoms with van der Waals surface area (Å²) in [4.78, 5) is 30.7. The second-order valence-electron chi connectivity index (χ2n) is 6.48. The van der Waals surface area contributed by atoms with Gasteiger partial charge >= 0.3 is 0 Å². The minimum atomic E-state index is -0.187. The summed E-state index contributed by atoms with van der Waals surface area (Å²) in [6.45, 7) is 1.43. The summed E-state index contributed by atoms with van der Waals surface area (Å²) in [6, 6.07) is 5.81. The van der Waals surface area contributed by atoms with E-state index in [1.165, 1.54) is 4.90 Å². The van der Waals surface area contributed by atoms with E-state index in [-0.39, 0.29) is 25.0 Å². The zero-order valence-corrected chi connectivity index (χ0v) is 17.0. The number of rotatable bonds is 4. The maximum atomic E-state index is 12.8. The van der Waals surface area contributed by atoms with Gasteiger partial charge in [0.1, 0.15) is 12.3 Å². The SMILES string of the molecule is CS[C@@H]1CN(C(=O)CN2C(=O)COc3cc(Br)ccc32)C[C@H]1N(C)C. The Hall–Kier alpha value is -1.25. The smallest absolute Gasteiger partial charge is 0.265 e. The Kier molecular flexibility index (Phi) is 5.60. The third kappa shape index (κ3) is 3.80. The molecule has 1 fully saturated rings. The van der Waals surface area contributed by atoms with E-state index in [9.17, 15) is 9.59 Å². The lowest BCUT2D eigenvalue weighted by Gasteiger charge is -2.30. The van der Waals surface area contributed by atoms with Crippen molar-refractivity contribution < 1.29 is 14.3 Å². The number of halogens is 1. The number of hydrogen-bond donors (Lipinski definition) is 0. The Balaban J connectivity index is 1.74. The average molecular weight is 428 g/mol. The summed E-state index contributed by atoms with van der Waals surface area (Å²) in [7, 11) is 4.09. The number of benzene rings is 1. The fourth-order valence-corrected chi connectivity index (χ4v) is 4.59. The summed E-state index contributed by atoms with van der Waals surface area (Å²) in [6.07, 6.45) is 2.08. The third-order valence-electron chi connectivity index (χ3n) is 4.71. The molecule has 8 heteroatoms. The number of carbonyl (C=O) groups excluding carboxylic acids is 2. The van der Waals surface area contributed by atoms with Gasteiger partial charge in [-0.1, -0.05) is 15.9 Å². The molecule has 0 radical (unpaired) electrons. The van der Waals surface area contributed by atoms with Crippen LogP contribution >= 0.6 is 27.7 Å². The summed E-state index contributed by atoms with van der Waals surface area (Å²) < 4.78 is 6.36. The number of carbonyl (C=O) groups is 2. The molecule has 0 N–H and O–H groups in total. The molecule has 2 aliphatic heterocycles. The predicted octanol–water partition coefficient (Wildman–Crippen LogP) is 1.68. The van der Waals surface area contributed by atoms with E-state index in [1.54, 1.807) is 17.8 Å². The van der Waals surface area contributed by atoms with E-state index < -0.39 is 0 Å². The van der Waals surface area contributed by atoms with Gasteiger partial charge in [0.25, 0.3) is 5.91 Å². The Bertz CT molecular complexity index is 685. The molecule has 6 nitrogen and oxygen atoms in total. The predicted molar refractivity (Wildman–Crippen MR) is 103 cm³/mol. The number of thioether (sulfide) groups is 1. The van der Waals surface area contributed by atoms with Gasteiger partial charge < -0.3 is 14.5 Å². The Labute approximate surface area is 160 Å². The number of likely N-dealkylation sites (N-methyl/N-ethyl adjacent to an activating group) is 1. The van der Waals surface area contributed by atoms with Gasteiger partial charge in [-0.15, -0.1) is 0 Å². The molecule has 136 valence electrons. The van der Waals surface area contributed by atoms with Crippen LogP contribution < -0.4 is 9.64 Å². The molecule has 3 rings (SSSR count). The summed E-state index contributed by atoms with van der Waals surface area (Å²) >= 11 is 5.18. The lowest BCUT2D eigenvalue weighted by Crippen LogP contribution is -2.46. The molecule has 1 aromatic rings. The first-order valence-corrected chi connectivity index (χ1v) is 10.2. The average Bonchev–Trinajstić information content (AvgIpc) is 3.02.